The van der Waals surface area contributed by atoms with Gasteiger partial charge < -0.3 is 15.7 Å². The molecule has 0 aliphatic heterocycles. The van der Waals surface area contributed by atoms with Crippen molar-refractivity contribution in [3.05, 3.63) is 0 Å². The lowest BCUT2D eigenvalue weighted by molar-refractivity contribution is -0.144. The second-order valence-corrected chi connectivity index (χ2v) is 5.67. The predicted octanol–water partition coefficient (Wildman–Crippen LogP) is 2.65. The molecule has 1 rings (SSSR count). The molecule has 5 heteroatoms. The third kappa shape index (κ3) is 5.09. The maximum atomic E-state index is 11.9. The van der Waals surface area contributed by atoms with Gasteiger partial charge in [-0.3, -0.25) is 0 Å². The number of carbonyl (C=O) groups excluding carboxylic acids is 1. The molecule has 0 aromatic heterocycles. The van der Waals surface area contributed by atoms with E-state index in [1.165, 1.54) is 12.8 Å². The minimum atomic E-state index is -1.18. The van der Waals surface area contributed by atoms with E-state index in [1.54, 1.807) is 6.92 Å². The number of carboxylic acid groups (broad SMARTS) is 1. The van der Waals surface area contributed by atoms with Gasteiger partial charge in [-0.25, -0.2) is 9.59 Å². The fourth-order valence-electron chi connectivity index (χ4n) is 2.62. The molecule has 5 nitrogen and oxygen atoms in total. The Hall–Kier alpha value is -1.26. The van der Waals surface area contributed by atoms with Crippen LogP contribution in [-0.4, -0.2) is 28.7 Å². The number of nitrogens with one attached hydrogen (secondary N) is 2. The Morgan fingerprint density at radius 3 is 2.26 bits per heavy atom. The van der Waals surface area contributed by atoms with E-state index in [-0.39, 0.29) is 12.1 Å². The fraction of sp³-hybridized carbons (Fsp3) is 0.857. The predicted molar refractivity (Wildman–Crippen MR) is 74.1 cm³/mol. The molecule has 3 N–H and O–H groups in total. The molecule has 0 saturated heterocycles. The van der Waals surface area contributed by atoms with Gasteiger partial charge in [0, 0.05) is 6.04 Å². The molecule has 0 heterocycles. The number of carbonyl (C=O) groups is 2. The zero-order valence-corrected chi connectivity index (χ0v) is 12.0. The summed E-state index contributed by atoms with van der Waals surface area (Å²) in [6.45, 7) is 3.47. The van der Waals surface area contributed by atoms with Gasteiger partial charge in [-0.2, -0.15) is 0 Å². The van der Waals surface area contributed by atoms with E-state index in [4.69, 9.17) is 0 Å². The number of urea groups is 1. The summed E-state index contributed by atoms with van der Waals surface area (Å²) in [5.41, 5.74) is -1.18. The van der Waals surface area contributed by atoms with Crippen LogP contribution in [0.3, 0.4) is 0 Å². The highest BCUT2D eigenvalue weighted by atomic mass is 16.4. The first-order chi connectivity index (χ1) is 8.98. The quantitative estimate of drug-likeness (QED) is 0.672. The third-order valence-electron chi connectivity index (χ3n) is 3.80. The van der Waals surface area contributed by atoms with Crippen molar-refractivity contribution < 1.29 is 14.7 Å². The fourth-order valence-corrected chi connectivity index (χ4v) is 2.62. The molecule has 1 aliphatic carbocycles. The first kappa shape index (κ1) is 15.8. The lowest BCUT2D eigenvalue weighted by Gasteiger charge is -2.27. The molecule has 1 saturated carbocycles. The smallest absolute Gasteiger partial charge is 0.329 e. The van der Waals surface area contributed by atoms with E-state index >= 15 is 0 Å². The Morgan fingerprint density at radius 1 is 1.21 bits per heavy atom. The van der Waals surface area contributed by atoms with Crippen LogP contribution in [0.4, 0.5) is 4.79 Å². The first-order valence-electron chi connectivity index (χ1n) is 7.30. The van der Waals surface area contributed by atoms with Crippen molar-refractivity contribution in [2.24, 2.45) is 0 Å². The molecule has 1 unspecified atom stereocenters. The number of carboxylic acids is 1. The summed E-state index contributed by atoms with van der Waals surface area (Å²) in [4.78, 5) is 23.2. The largest absolute Gasteiger partial charge is 0.480 e. The highest BCUT2D eigenvalue weighted by Gasteiger charge is 2.34. The molecule has 1 atom stereocenters. The van der Waals surface area contributed by atoms with E-state index in [0.29, 0.717) is 12.8 Å². The molecule has 1 fully saturated rings. The van der Waals surface area contributed by atoms with Gasteiger partial charge in [0.05, 0.1) is 0 Å². The zero-order chi connectivity index (χ0) is 14.3. The van der Waals surface area contributed by atoms with Gasteiger partial charge in [0.1, 0.15) is 5.54 Å². The van der Waals surface area contributed by atoms with Crippen molar-refractivity contribution in [1.29, 1.82) is 0 Å². The topological polar surface area (TPSA) is 78.4 Å². The van der Waals surface area contributed by atoms with Crippen molar-refractivity contribution in [2.45, 2.75) is 76.8 Å². The van der Waals surface area contributed by atoms with E-state index in [1.807, 2.05) is 6.92 Å². The van der Waals surface area contributed by atoms with Gasteiger partial charge in [0.2, 0.25) is 0 Å². The Kier molecular flexibility index (Phi) is 6.12. The Labute approximate surface area is 115 Å². The average molecular weight is 270 g/mol. The normalized spacial score (nSPS) is 20.1. The molecule has 19 heavy (non-hydrogen) atoms. The molecule has 110 valence electrons. The Morgan fingerprint density at radius 2 is 1.79 bits per heavy atom. The molecular weight excluding hydrogens is 244 g/mol. The Balaban J connectivity index is 2.50. The van der Waals surface area contributed by atoms with E-state index < -0.39 is 11.5 Å². The highest BCUT2D eigenvalue weighted by molar-refractivity contribution is 5.85. The summed E-state index contributed by atoms with van der Waals surface area (Å²) in [5.74, 6) is -0.981. The maximum absolute atomic E-state index is 11.9. The molecule has 0 aromatic rings. The molecule has 0 aromatic carbocycles. The number of hydrogen-bond donors (Lipinski definition) is 3. The zero-order valence-electron chi connectivity index (χ0n) is 12.0. The van der Waals surface area contributed by atoms with Crippen LogP contribution in [0, 0.1) is 0 Å². The molecule has 1 aliphatic rings. The molecule has 2 amide bonds. The number of amides is 2. The van der Waals surface area contributed by atoms with Crippen LogP contribution >= 0.6 is 0 Å². The molecular formula is C14H26N2O3. The van der Waals surface area contributed by atoms with Gasteiger partial charge >= 0.3 is 12.0 Å². The minimum absolute atomic E-state index is 0.183. The van der Waals surface area contributed by atoms with E-state index in [9.17, 15) is 14.7 Å². The number of hydrogen-bond acceptors (Lipinski definition) is 2. The standard InChI is InChI=1S/C14H26N2O3/c1-3-10-14(2,12(17)18)16-13(19)15-11-8-6-4-5-7-9-11/h11H,3-10H2,1-2H3,(H,17,18)(H2,15,16,19). The van der Waals surface area contributed by atoms with Crippen LogP contribution in [0.2, 0.25) is 0 Å². The van der Waals surface area contributed by atoms with Crippen molar-refractivity contribution in [2.75, 3.05) is 0 Å². The van der Waals surface area contributed by atoms with Crippen LogP contribution in [0.25, 0.3) is 0 Å². The van der Waals surface area contributed by atoms with Crippen molar-refractivity contribution in [3.8, 4) is 0 Å². The number of aliphatic carboxylic acids is 1. The van der Waals surface area contributed by atoms with E-state index in [0.717, 1.165) is 25.7 Å². The summed E-state index contributed by atoms with van der Waals surface area (Å²) < 4.78 is 0. The second kappa shape index (κ2) is 7.36. The van der Waals surface area contributed by atoms with Crippen LogP contribution in [-0.2, 0) is 4.79 Å². The monoisotopic (exact) mass is 270 g/mol. The Bertz CT molecular complexity index is 312. The van der Waals surface area contributed by atoms with Crippen LogP contribution < -0.4 is 10.6 Å². The summed E-state index contributed by atoms with van der Waals surface area (Å²) in [6, 6.07) is -0.174. The van der Waals surface area contributed by atoms with Crippen LogP contribution in [0.5, 0.6) is 0 Å². The molecule has 0 radical (unpaired) electrons. The van der Waals surface area contributed by atoms with E-state index in [2.05, 4.69) is 10.6 Å². The molecule has 0 bridgehead atoms. The average Bonchev–Trinajstić information content (AvgIpc) is 2.57. The van der Waals surface area contributed by atoms with Crippen molar-refractivity contribution >= 4 is 12.0 Å². The molecule has 0 spiro atoms. The maximum Gasteiger partial charge on any atom is 0.329 e. The second-order valence-electron chi connectivity index (χ2n) is 5.67. The van der Waals surface area contributed by atoms with Gasteiger partial charge in [0.25, 0.3) is 0 Å². The summed E-state index contributed by atoms with van der Waals surface area (Å²) in [7, 11) is 0. The highest BCUT2D eigenvalue weighted by Crippen LogP contribution is 2.17. The van der Waals surface area contributed by atoms with Gasteiger partial charge in [-0.1, -0.05) is 39.0 Å². The van der Waals surface area contributed by atoms with Gasteiger partial charge in [-0.05, 0) is 26.2 Å². The third-order valence-corrected chi connectivity index (χ3v) is 3.80. The van der Waals surface area contributed by atoms with Crippen molar-refractivity contribution in [1.82, 2.24) is 10.6 Å². The van der Waals surface area contributed by atoms with Crippen molar-refractivity contribution in [3.63, 3.8) is 0 Å². The van der Waals surface area contributed by atoms with Gasteiger partial charge in [-0.15, -0.1) is 0 Å². The first-order valence-corrected chi connectivity index (χ1v) is 7.30. The summed E-state index contributed by atoms with van der Waals surface area (Å²) >= 11 is 0. The summed E-state index contributed by atoms with van der Waals surface area (Å²) in [5, 5.41) is 14.7. The van der Waals surface area contributed by atoms with Crippen LogP contribution in [0.15, 0.2) is 0 Å². The lowest BCUT2D eigenvalue weighted by atomic mass is 9.96. The van der Waals surface area contributed by atoms with Gasteiger partial charge in [0.15, 0.2) is 0 Å². The number of rotatable bonds is 5. The SMILES string of the molecule is CCCC(C)(NC(=O)NC1CCCCCC1)C(=O)O. The van der Waals surface area contributed by atoms with Crippen LogP contribution in [0.1, 0.15) is 65.2 Å². The minimum Gasteiger partial charge on any atom is -0.480 e. The summed E-state index contributed by atoms with van der Waals surface area (Å²) in [6.07, 6.45) is 7.85. The lowest BCUT2D eigenvalue weighted by Crippen LogP contribution is -2.56.